The molecular formula is C17H24ClN3O2. The maximum atomic E-state index is 12.1. The van der Waals surface area contributed by atoms with Gasteiger partial charge in [-0.15, -0.1) is 0 Å². The number of nitrogens with one attached hydrogen (secondary N) is 1. The summed E-state index contributed by atoms with van der Waals surface area (Å²) in [5.41, 5.74) is 1.57. The molecule has 0 unspecified atom stereocenters. The van der Waals surface area contributed by atoms with E-state index in [4.69, 9.17) is 11.6 Å². The lowest BCUT2D eigenvalue weighted by Crippen LogP contribution is -2.50. The molecule has 0 atom stereocenters. The summed E-state index contributed by atoms with van der Waals surface area (Å²) in [5.74, 6) is 0.159. The van der Waals surface area contributed by atoms with Crippen LogP contribution in [0.1, 0.15) is 27.2 Å². The van der Waals surface area contributed by atoms with Gasteiger partial charge >= 0.3 is 0 Å². The maximum absolute atomic E-state index is 12.1. The molecule has 1 saturated heterocycles. The van der Waals surface area contributed by atoms with E-state index < -0.39 is 0 Å². The quantitative estimate of drug-likeness (QED) is 0.919. The molecule has 0 aliphatic carbocycles. The van der Waals surface area contributed by atoms with Crippen LogP contribution < -0.4 is 10.2 Å². The van der Waals surface area contributed by atoms with Gasteiger partial charge in [0, 0.05) is 38.5 Å². The summed E-state index contributed by atoms with van der Waals surface area (Å²) in [6.45, 7) is 8.40. The highest BCUT2D eigenvalue weighted by Crippen LogP contribution is 2.34. The van der Waals surface area contributed by atoms with E-state index in [9.17, 15) is 9.59 Å². The predicted octanol–water partition coefficient (Wildman–Crippen LogP) is 2.99. The summed E-state index contributed by atoms with van der Waals surface area (Å²) in [5, 5.41) is 3.52. The van der Waals surface area contributed by atoms with E-state index in [0.29, 0.717) is 37.6 Å². The molecule has 1 aliphatic heterocycles. The number of para-hydroxylation sites is 1. The van der Waals surface area contributed by atoms with Crippen molar-refractivity contribution in [2.75, 3.05) is 36.4 Å². The maximum Gasteiger partial charge on any atom is 0.225 e. The topological polar surface area (TPSA) is 52.7 Å². The highest BCUT2D eigenvalue weighted by molar-refractivity contribution is 6.34. The molecule has 0 aromatic heterocycles. The minimum Gasteiger partial charge on any atom is -0.365 e. The average Bonchev–Trinajstić information content (AvgIpc) is 2.54. The van der Waals surface area contributed by atoms with E-state index in [0.717, 1.165) is 11.4 Å². The van der Waals surface area contributed by atoms with Gasteiger partial charge in [0.25, 0.3) is 0 Å². The summed E-state index contributed by atoms with van der Waals surface area (Å²) >= 11 is 6.37. The van der Waals surface area contributed by atoms with Gasteiger partial charge in [0.15, 0.2) is 0 Å². The van der Waals surface area contributed by atoms with E-state index >= 15 is 0 Å². The molecule has 1 heterocycles. The Kier molecular flexibility index (Phi) is 5.88. The van der Waals surface area contributed by atoms with E-state index in [1.54, 1.807) is 0 Å². The summed E-state index contributed by atoms with van der Waals surface area (Å²) in [7, 11) is 0. The molecule has 126 valence electrons. The third kappa shape index (κ3) is 4.16. The lowest BCUT2D eigenvalue weighted by molar-refractivity contribution is -0.134. The Bertz CT molecular complexity index is 581. The van der Waals surface area contributed by atoms with E-state index in [1.165, 1.54) is 0 Å². The van der Waals surface area contributed by atoms with Crippen molar-refractivity contribution in [1.29, 1.82) is 0 Å². The van der Waals surface area contributed by atoms with E-state index in [2.05, 4.69) is 10.2 Å². The Labute approximate surface area is 142 Å². The molecule has 1 N–H and O–H groups in total. The summed E-state index contributed by atoms with van der Waals surface area (Å²) in [6, 6.07) is 5.51. The largest absolute Gasteiger partial charge is 0.365 e. The Morgan fingerprint density at radius 3 is 2.43 bits per heavy atom. The first-order chi connectivity index (χ1) is 10.9. The van der Waals surface area contributed by atoms with Crippen LogP contribution in [-0.2, 0) is 9.59 Å². The smallest absolute Gasteiger partial charge is 0.225 e. The second-order valence-corrected chi connectivity index (χ2v) is 6.41. The van der Waals surface area contributed by atoms with Crippen molar-refractivity contribution in [2.24, 2.45) is 5.92 Å². The molecule has 1 aromatic carbocycles. The molecule has 1 fully saturated rings. The minimum atomic E-state index is -0.0397. The number of halogens is 1. The van der Waals surface area contributed by atoms with Crippen molar-refractivity contribution in [3.8, 4) is 0 Å². The monoisotopic (exact) mass is 337 g/mol. The predicted molar refractivity (Wildman–Crippen MR) is 94.0 cm³/mol. The number of piperazine rings is 1. The van der Waals surface area contributed by atoms with Crippen LogP contribution in [0.5, 0.6) is 0 Å². The number of amides is 2. The number of rotatable bonds is 4. The van der Waals surface area contributed by atoms with Crippen molar-refractivity contribution in [2.45, 2.75) is 27.2 Å². The molecule has 23 heavy (non-hydrogen) atoms. The van der Waals surface area contributed by atoms with Crippen LogP contribution >= 0.6 is 11.6 Å². The number of hydrogen-bond acceptors (Lipinski definition) is 3. The summed E-state index contributed by atoms with van der Waals surface area (Å²) in [4.78, 5) is 27.8. The normalized spacial score (nSPS) is 15.0. The molecule has 1 aromatic rings. The zero-order valence-corrected chi connectivity index (χ0v) is 14.7. The third-order valence-corrected chi connectivity index (χ3v) is 4.29. The molecule has 6 heteroatoms. The van der Waals surface area contributed by atoms with Crippen LogP contribution in [0.2, 0.25) is 5.02 Å². The number of benzene rings is 1. The van der Waals surface area contributed by atoms with Crippen LogP contribution in [-0.4, -0.2) is 42.9 Å². The van der Waals surface area contributed by atoms with Gasteiger partial charge in [-0.05, 0) is 12.1 Å². The molecule has 0 bridgehead atoms. The van der Waals surface area contributed by atoms with Crippen molar-refractivity contribution < 1.29 is 9.59 Å². The first-order valence-corrected chi connectivity index (χ1v) is 8.44. The second kappa shape index (κ2) is 7.68. The summed E-state index contributed by atoms with van der Waals surface area (Å²) in [6.07, 6.45) is 0.419. The summed E-state index contributed by atoms with van der Waals surface area (Å²) < 4.78 is 0. The minimum absolute atomic E-state index is 0.0151. The number of carbonyl (C=O) groups excluding carboxylic acids is 2. The second-order valence-electron chi connectivity index (χ2n) is 6.00. The van der Waals surface area contributed by atoms with Crippen LogP contribution in [0.4, 0.5) is 11.4 Å². The molecular weight excluding hydrogens is 314 g/mol. The zero-order chi connectivity index (χ0) is 17.0. The number of nitrogens with zero attached hydrogens (tertiary/aromatic N) is 2. The molecule has 1 aliphatic rings. The Balaban J connectivity index is 2.14. The Morgan fingerprint density at radius 2 is 1.87 bits per heavy atom. The van der Waals surface area contributed by atoms with Gasteiger partial charge in [0.1, 0.15) is 0 Å². The number of hydrogen-bond donors (Lipinski definition) is 1. The Hall–Kier alpha value is -1.75. The van der Waals surface area contributed by atoms with Crippen molar-refractivity contribution in [1.82, 2.24) is 4.90 Å². The molecule has 0 radical (unpaired) electrons. The molecule has 0 saturated carbocycles. The lowest BCUT2D eigenvalue weighted by Gasteiger charge is -2.38. The third-order valence-electron chi connectivity index (χ3n) is 3.98. The molecule has 0 spiro atoms. The van der Waals surface area contributed by atoms with Crippen molar-refractivity contribution >= 4 is 34.8 Å². The van der Waals surface area contributed by atoms with Crippen LogP contribution in [0.25, 0.3) is 0 Å². The van der Waals surface area contributed by atoms with Crippen LogP contribution in [0.3, 0.4) is 0 Å². The van der Waals surface area contributed by atoms with Gasteiger partial charge in [-0.1, -0.05) is 38.4 Å². The fourth-order valence-electron chi connectivity index (χ4n) is 2.69. The van der Waals surface area contributed by atoms with Gasteiger partial charge in [-0.25, -0.2) is 0 Å². The van der Waals surface area contributed by atoms with E-state index in [-0.39, 0.29) is 17.7 Å². The van der Waals surface area contributed by atoms with Crippen LogP contribution in [0, 0.1) is 5.92 Å². The lowest BCUT2D eigenvalue weighted by atomic mass is 10.1. The van der Waals surface area contributed by atoms with Crippen molar-refractivity contribution in [3.63, 3.8) is 0 Å². The zero-order valence-electron chi connectivity index (χ0n) is 13.9. The Morgan fingerprint density at radius 1 is 1.22 bits per heavy atom. The van der Waals surface area contributed by atoms with Gasteiger partial charge in [0.05, 0.1) is 16.4 Å². The van der Waals surface area contributed by atoms with Gasteiger partial charge < -0.3 is 15.1 Å². The fraction of sp³-hybridized carbons (Fsp3) is 0.529. The molecule has 5 nitrogen and oxygen atoms in total. The highest BCUT2D eigenvalue weighted by Gasteiger charge is 2.25. The SMILES string of the molecule is CCC(=O)Nc1cccc(Cl)c1N1CCN(C(=O)C(C)C)CC1. The first-order valence-electron chi connectivity index (χ1n) is 8.06. The van der Waals surface area contributed by atoms with Gasteiger partial charge in [-0.3, -0.25) is 9.59 Å². The van der Waals surface area contributed by atoms with Crippen molar-refractivity contribution in [3.05, 3.63) is 23.2 Å². The number of anilines is 2. The van der Waals surface area contributed by atoms with Gasteiger partial charge in [0.2, 0.25) is 11.8 Å². The fourth-order valence-corrected chi connectivity index (χ4v) is 2.99. The van der Waals surface area contributed by atoms with Gasteiger partial charge in [-0.2, -0.15) is 0 Å². The highest BCUT2D eigenvalue weighted by atomic mass is 35.5. The molecule has 2 rings (SSSR count). The standard InChI is InChI=1S/C17H24ClN3O2/c1-4-15(22)19-14-7-5-6-13(18)16(14)20-8-10-21(11-9-20)17(23)12(2)3/h5-7,12H,4,8-11H2,1-3H3,(H,19,22). The van der Waals surface area contributed by atoms with Crippen LogP contribution in [0.15, 0.2) is 18.2 Å². The van der Waals surface area contributed by atoms with E-state index in [1.807, 2.05) is 43.9 Å². The molecule has 2 amide bonds. The average molecular weight is 338 g/mol. The number of carbonyl (C=O) groups is 2. The first kappa shape index (κ1) is 17.6.